The third-order valence-electron chi connectivity index (χ3n) is 5.23. The molecule has 1 aliphatic heterocycles. The average molecular weight is 402 g/mol. The van der Waals surface area contributed by atoms with Crippen LogP contribution in [0.5, 0.6) is 0 Å². The third-order valence-corrected chi connectivity index (χ3v) is 6.20. The summed E-state index contributed by atoms with van der Waals surface area (Å²) in [4.78, 5) is 14.8. The molecular weight excluding hydrogens is 370 g/mol. The predicted octanol–water partition coefficient (Wildman–Crippen LogP) is 3.32. The van der Waals surface area contributed by atoms with Gasteiger partial charge in [0.15, 0.2) is 5.16 Å². The monoisotopic (exact) mass is 401 g/mol. The predicted molar refractivity (Wildman–Crippen MR) is 113 cm³/mol. The summed E-state index contributed by atoms with van der Waals surface area (Å²) in [6, 6.07) is 10.4. The number of rotatable bonds is 9. The van der Waals surface area contributed by atoms with E-state index in [0.717, 1.165) is 43.6 Å². The average Bonchev–Trinajstić information content (AvgIpc) is 3.32. The van der Waals surface area contributed by atoms with E-state index in [1.165, 1.54) is 30.2 Å². The standard InChI is InChI=1S/C21H31N5OS/c1-4-21(2,3)22-19(27)16-28-20-24-23-18(15-25-12-8-9-13-25)26(20)14-17-10-6-5-7-11-17/h5-7,10-11H,4,8-9,12-16H2,1-3H3,(H,22,27). The molecule has 7 heteroatoms. The van der Waals surface area contributed by atoms with Gasteiger partial charge in [-0.25, -0.2) is 0 Å². The van der Waals surface area contributed by atoms with E-state index in [9.17, 15) is 4.79 Å². The molecule has 1 fully saturated rings. The lowest BCUT2D eigenvalue weighted by Gasteiger charge is -2.24. The van der Waals surface area contributed by atoms with Crippen molar-refractivity contribution in [3.05, 3.63) is 41.7 Å². The Morgan fingerprint density at radius 3 is 2.54 bits per heavy atom. The first-order chi connectivity index (χ1) is 13.5. The molecule has 0 radical (unpaired) electrons. The number of thioether (sulfide) groups is 1. The van der Waals surface area contributed by atoms with Crippen LogP contribution in [0.1, 0.15) is 51.4 Å². The third kappa shape index (κ3) is 5.82. The molecule has 0 atom stereocenters. The summed E-state index contributed by atoms with van der Waals surface area (Å²) in [5, 5.41) is 12.8. The van der Waals surface area contributed by atoms with E-state index in [4.69, 9.17) is 0 Å². The normalized spacial score (nSPS) is 15.1. The van der Waals surface area contributed by atoms with Crippen LogP contribution in [0.15, 0.2) is 35.5 Å². The number of carbonyl (C=O) groups is 1. The lowest BCUT2D eigenvalue weighted by Crippen LogP contribution is -2.43. The second kappa shape index (κ2) is 9.56. The SMILES string of the molecule is CCC(C)(C)NC(=O)CSc1nnc(CN2CCCC2)n1Cc1ccccc1. The minimum atomic E-state index is -0.184. The van der Waals surface area contributed by atoms with Crippen molar-refractivity contribution < 1.29 is 4.79 Å². The van der Waals surface area contributed by atoms with E-state index in [1.807, 2.05) is 32.0 Å². The Kier molecular flexibility index (Phi) is 7.13. The van der Waals surface area contributed by atoms with Crippen molar-refractivity contribution in [3.8, 4) is 0 Å². The van der Waals surface area contributed by atoms with Crippen LogP contribution >= 0.6 is 11.8 Å². The maximum absolute atomic E-state index is 12.3. The fourth-order valence-electron chi connectivity index (χ4n) is 3.24. The van der Waals surface area contributed by atoms with E-state index in [2.05, 4.69) is 44.0 Å². The van der Waals surface area contributed by atoms with Crippen LogP contribution < -0.4 is 5.32 Å². The Morgan fingerprint density at radius 2 is 1.86 bits per heavy atom. The summed E-state index contributed by atoms with van der Waals surface area (Å²) in [5.41, 5.74) is 1.03. The van der Waals surface area contributed by atoms with Gasteiger partial charge in [-0.2, -0.15) is 0 Å². The van der Waals surface area contributed by atoms with Crippen molar-refractivity contribution in [2.24, 2.45) is 0 Å². The van der Waals surface area contributed by atoms with Gasteiger partial charge < -0.3 is 9.88 Å². The molecule has 6 nitrogen and oxygen atoms in total. The van der Waals surface area contributed by atoms with Crippen molar-refractivity contribution >= 4 is 17.7 Å². The largest absolute Gasteiger partial charge is 0.351 e. The van der Waals surface area contributed by atoms with Crippen LogP contribution in [0, 0.1) is 0 Å². The van der Waals surface area contributed by atoms with Crippen LogP contribution in [0.3, 0.4) is 0 Å². The van der Waals surface area contributed by atoms with Crippen LogP contribution in [0.25, 0.3) is 0 Å². The first-order valence-electron chi connectivity index (χ1n) is 10.1. The molecule has 0 spiro atoms. The molecular formula is C21H31N5OS. The van der Waals surface area contributed by atoms with Crippen LogP contribution in [-0.4, -0.2) is 50.0 Å². The maximum atomic E-state index is 12.3. The summed E-state index contributed by atoms with van der Waals surface area (Å²) in [5.74, 6) is 1.36. The molecule has 0 unspecified atom stereocenters. The van der Waals surface area contributed by atoms with E-state index in [1.54, 1.807) is 0 Å². The van der Waals surface area contributed by atoms with Gasteiger partial charge >= 0.3 is 0 Å². The van der Waals surface area contributed by atoms with Crippen molar-refractivity contribution in [2.75, 3.05) is 18.8 Å². The highest BCUT2D eigenvalue weighted by molar-refractivity contribution is 7.99. The van der Waals surface area contributed by atoms with Crippen molar-refractivity contribution in [3.63, 3.8) is 0 Å². The molecule has 1 saturated heterocycles. The van der Waals surface area contributed by atoms with Crippen LogP contribution in [0.4, 0.5) is 0 Å². The molecule has 0 aliphatic carbocycles. The fraction of sp³-hybridized carbons (Fsp3) is 0.571. The first-order valence-corrected chi connectivity index (χ1v) is 11.1. The molecule has 2 heterocycles. The van der Waals surface area contributed by atoms with Gasteiger partial charge in [0.05, 0.1) is 18.8 Å². The number of aromatic nitrogens is 3. The molecule has 1 aromatic carbocycles. The highest BCUT2D eigenvalue weighted by Gasteiger charge is 2.21. The molecule has 28 heavy (non-hydrogen) atoms. The van der Waals surface area contributed by atoms with Gasteiger partial charge in [0.25, 0.3) is 0 Å². The van der Waals surface area contributed by atoms with Gasteiger partial charge in [0.2, 0.25) is 5.91 Å². The molecule has 1 N–H and O–H groups in total. The van der Waals surface area contributed by atoms with Gasteiger partial charge in [-0.15, -0.1) is 10.2 Å². The number of hydrogen-bond acceptors (Lipinski definition) is 5. The zero-order valence-electron chi connectivity index (χ0n) is 17.1. The van der Waals surface area contributed by atoms with Gasteiger partial charge in [0.1, 0.15) is 5.82 Å². The topological polar surface area (TPSA) is 63.1 Å². The minimum absolute atomic E-state index is 0.0344. The Bertz CT molecular complexity index is 768. The van der Waals surface area contributed by atoms with Gasteiger partial charge in [0, 0.05) is 5.54 Å². The van der Waals surface area contributed by atoms with Gasteiger partial charge in [-0.3, -0.25) is 9.69 Å². The number of hydrogen-bond donors (Lipinski definition) is 1. The lowest BCUT2D eigenvalue weighted by molar-refractivity contribution is -0.120. The minimum Gasteiger partial charge on any atom is -0.351 e. The summed E-state index contributed by atoms with van der Waals surface area (Å²) in [6.45, 7) is 9.94. The second-order valence-corrected chi connectivity index (χ2v) is 8.97. The Hall–Kier alpha value is -1.86. The zero-order chi connectivity index (χ0) is 20.0. The molecule has 0 bridgehead atoms. The van der Waals surface area contributed by atoms with Crippen LogP contribution in [-0.2, 0) is 17.9 Å². The Labute approximate surface area is 172 Å². The summed E-state index contributed by atoms with van der Waals surface area (Å²) in [7, 11) is 0. The second-order valence-electron chi connectivity index (χ2n) is 8.03. The lowest BCUT2D eigenvalue weighted by atomic mass is 10.0. The first kappa shape index (κ1) is 20.9. The van der Waals surface area contributed by atoms with E-state index < -0.39 is 0 Å². The van der Waals surface area contributed by atoms with Crippen molar-refractivity contribution in [1.82, 2.24) is 25.0 Å². The van der Waals surface area contributed by atoms with Crippen LogP contribution in [0.2, 0.25) is 0 Å². The molecule has 3 rings (SSSR count). The highest BCUT2D eigenvalue weighted by Crippen LogP contribution is 2.21. The molecule has 152 valence electrons. The Morgan fingerprint density at radius 1 is 1.14 bits per heavy atom. The maximum Gasteiger partial charge on any atom is 0.230 e. The molecule has 1 aromatic heterocycles. The van der Waals surface area contributed by atoms with E-state index in [0.29, 0.717) is 5.75 Å². The number of nitrogens with zero attached hydrogens (tertiary/aromatic N) is 4. The highest BCUT2D eigenvalue weighted by atomic mass is 32.2. The quantitative estimate of drug-likeness (QED) is 0.653. The summed E-state index contributed by atoms with van der Waals surface area (Å²) >= 11 is 1.46. The molecule has 1 amide bonds. The molecule has 0 saturated carbocycles. The van der Waals surface area contributed by atoms with Gasteiger partial charge in [-0.05, 0) is 51.8 Å². The fourth-order valence-corrected chi connectivity index (χ4v) is 4.00. The summed E-state index contributed by atoms with van der Waals surface area (Å²) < 4.78 is 2.16. The molecule has 1 aliphatic rings. The van der Waals surface area contributed by atoms with Gasteiger partial charge in [-0.1, -0.05) is 49.0 Å². The number of carbonyl (C=O) groups excluding carboxylic acids is 1. The van der Waals surface area contributed by atoms with E-state index in [-0.39, 0.29) is 11.4 Å². The Balaban J connectivity index is 1.72. The van der Waals surface area contributed by atoms with Crippen molar-refractivity contribution in [2.45, 2.75) is 63.8 Å². The smallest absolute Gasteiger partial charge is 0.230 e. The number of benzene rings is 1. The zero-order valence-corrected chi connectivity index (χ0v) is 18.0. The summed E-state index contributed by atoms with van der Waals surface area (Å²) in [6.07, 6.45) is 3.40. The number of amides is 1. The van der Waals surface area contributed by atoms with E-state index >= 15 is 0 Å². The van der Waals surface area contributed by atoms with Crippen molar-refractivity contribution in [1.29, 1.82) is 0 Å². The number of nitrogens with one attached hydrogen (secondary N) is 1. The molecule has 2 aromatic rings. The number of likely N-dealkylation sites (tertiary alicyclic amines) is 1.